The number of hydrogen-bond acceptors (Lipinski definition) is 6. The first-order valence-corrected chi connectivity index (χ1v) is 9.48. The highest BCUT2D eigenvalue weighted by Gasteiger charge is 2.55. The Labute approximate surface area is 164 Å². The quantitative estimate of drug-likeness (QED) is 0.656. The van der Waals surface area contributed by atoms with Crippen LogP contribution in [0.5, 0.6) is 0 Å². The molecule has 2 aliphatic rings. The Morgan fingerprint density at radius 1 is 1.32 bits per heavy atom. The molecule has 0 radical (unpaired) electrons. The molecular weight excluding hydrogens is 385 g/mol. The summed E-state index contributed by atoms with van der Waals surface area (Å²) >= 11 is 5.78. The average molecular weight is 402 g/mol. The third-order valence-corrected chi connectivity index (χ3v) is 5.87. The lowest BCUT2D eigenvalue weighted by molar-refractivity contribution is 0.0952. The van der Waals surface area contributed by atoms with E-state index in [2.05, 4.69) is 25.5 Å². The van der Waals surface area contributed by atoms with E-state index in [4.69, 9.17) is 11.6 Å². The Bertz CT molecular complexity index is 1050. The minimum atomic E-state index is -0.445. The molecular formula is C18H17ClFN7O. The number of rotatable bonds is 5. The van der Waals surface area contributed by atoms with Gasteiger partial charge in [0.1, 0.15) is 6.33 Å². The summed E-state index contributed by atoms with van der Waals surface area (Å²) in [5.74, 6) is 1.30. The lowest BCUT2D eigenvalue weighted by atomic mass is 10.2. The van der Waals surface area contributed by atoms with Crippen molar-refractivity contribution in [1.82, 2.24) is 29.9 Å². The summed E-state index contributed by atoms with van der Waals surface area (Å²) in [7, 11) is 0. The topological polar surface area (TPSA) is 88.3 Å². The van der Waals surface area contributed by atoms with Crippen molar-refractivity contribution in [3.8, 4) is 0 Å². The number of halogens is 2. The van der Waals surface area contributed by atoms with Gasteiger partial charge in [-0.2, -0.15) is 4.98 Å². The van der Waals surface area contributed by atoms with Gasteiger partial charge in [0.15, 0.2) is 17.3 Å². The van der Waals surface area contributed by atoms with Crippen molar-refractivity contribution in [2.45, 2.75) is 6.42 Å². The summed E-state index contributed by atoms with van der Waals surface area (Å²) in [4.78, 5) is 21.9. The number of hydrogen-bond donors (Lipinski definition) is 1. The van der Waals surface area contributed by atoms with Gasteiger partial charge in [-0.3, -0.25) is 9.20 Å². The maximum Gasteiger partial charge on any atom is 0.252 e. The molecule has 4 heterocycles. The van der Waals surface area contributed by atoms with Crippen molar-refractivity contribution in [3.05, 3.63) is 47.5 Å². The Kier molecular flexibility index (Phi) is 4.12. The van der Waals surface area contributed by atoms with Crippen molar-refractivity contribution < 1.29 is 9.18 Å². The van der Waals surface area contributed by atoms with Crippen LogP contribution in [0.1, 0.15) is 16.8 Å². The summed E-state index contributed by atoms with van der Waals surface area (Å²) in [6.45, 7) is 2.14. The van der Waals surface area contributed by atoms with Crippen LogP contribution in [0.4, 0.5) is 10.2 Å². The van der Waals surface area contributed by atoms with Crippen LogP contribution in [0.3, 0.4) is 0 Å². The zero-order chi connectivity index (χ0) is 19.3. The number of nitrogens with zero attached hydrogens (tertiary/aromatic N) is 6. The average Bonchev–Trinajstić information content (AvgIpc) is 3.08. The van der Waals surface area contributed by atoms with E-state index in [1.54, 1.807) is 29.1 Å². The maximum atomic E-state index is 13.9. The fourth-order valence-electron chi connectivity index (χ4n) is 4.23. The van der Waals surface area contributed by atoms with Gasteiger partial charge in [-0.1, -0.05) is 0 Å². The number of amides is 1. The van der Waals surface area contributed by atoms with Crippen molar-refractivity contribution in [3.63, 3.8) is 0 Å². The zero-order valence-corrected chi connectivity index (χ0v) is 15.6. The van der Waals surface area contributed by atoms with E-state index in [-0.39, 0.29) is 17.0 Å². The number of nitrogens with one attached hydrogen (secondary N) is 1. The molecule has 144 valence electrons. The third-order valence-electron chi connectivity index (χ3n) is 5.68. The lowest BCUT2D eigenvalue weighted by Gasteiger charge is -2.21. The predicted octanol–water partition coefficient (Wildman–Crippen LogP) is 1.81. The first-order chi connectivity index (χ1) is 13.6. The minimum absolute atomic E-state index is 0.0564. The van der Waals surface area contributed by atoms with Crippen LogP contribution in [-0.2, 0) is 0 Å². The van der Waals surface area contributed by atoms with Crippen LogP contribution in [0.25, 0.3) is 5.65 Å². The monoisotopic (exact) mass is 401 g/mol. The van der Waals surface area contributed by atoms with Crippen molar-refractivity contribution >= 4 is 29.0 Å². The van der Waals surface area contributed by atoms with Gasteiger partial charge >= 0.3 is 0 Å². The summed E-state index contributed by atoms with van der Waals surface area (Å²) in [6.07, 6.45) is 5.31. The number of fused-ring (bicyclic) bond motifs is 2. The molecule has 1 aliphatic carbocycles. The summed E-state index contributed by atoms with van der Waals surface area (Å²) in [5, 5.41) is 10.8. The highest BCUT2D eigenvalue weighted by atomic mass is 35.5. The molecule has 2 fully saturated rings. The molecule has 8 nitrogen and oxygen atoms in total. The summed E-state index contributed by atoms with van der Waals surface area (Å²) < 4.78 is 15.6. The lowest BCUT2D eigenvalue weighted by Crippen LogP contribution is -2.28. The molecule has 1 saturated carbocycles. The first kappa shape index (κ1) is 17.3. The SMILES string of the molecule is O=C(NCCC1C2CN(c3nc(Cl)ncc3F)CC12)c1ccc2nncn2c1. The Morgan fingerprint density at radius 2 is 2.14 bits per heavy atom. The molecule has 0 aromatic carbocycles. The normalized spacial score (nSPS) is 23.1. The molecule has 1 saturated heterocycles. The molecule has 3 aromatic heterocycles. The molecule has 28 heavy (non-hydrogen) atoms. The third kappa shape index (κ3) is 3.05. The molecule has 1 amide bonds. The first-order valence-electron chi connectivity index (χ1n) is 9.11. The second-order valence-corrected chi connectivity index (χ2v) is 7.60. The Balaban J connectivity index is 1.12. The summed E-state index contributed by atoms with van der Waals surface area (Å²) in [5.41, 5.74) is 1.28. The fraction of sp³-hybridized carbons (Fsp3) is 0.389. The van der Waals surface area contributed by atoms with Crippen LogP contribution in [0.15, 0.2) is 30.9 Å². The van der Waals surface area contributed by atoms with Crippen LogP contribution in [-0.4, -0.2) is 50.1 Å². The predicted molar refractivity (Wildman–Crippen MR) is 99.6 cm³/mol. The molecule has 10 heteroatoms. The van der Waals surface area contributed by atoms with E-state index >= 15 is 0 Å². The molecule has 2 atom stereocenters. The van der Waals surface area contributed by atoms with Gasteiger partial charge in [-0.05, 0) is 47.9 Å². The highest BCUT2D eigenvalue weighted by molar-refractivity contribution is 6.28. The van der Waals surface area contributed by atoms with E-state index in [9.17, 15) is 9.18 Å². The number of piperidine rings is 1. The van der Waals surface area contributed by atoms with Gasteiger partial charge in [-0.25, -0.2) is 9.37 Å². The van der Waals surface area contributed by atoms with Gasteiger partial charge in [0.2, 0.25) is 5.28 Å². The van der Waals surface area contributed by atoms with Crippen molar-refractivity contribution in [1.29, 1.82) is 0 Å². The van der Waals surface area contributed by atoms with Crippen LogP contribution in [0.2, 0.25) is 5.28 Å². The second-order valence-electron chi connectivity index (χ2n) is 7.27. The van der Waals surface area contributed by atoms with Gasteiger partial charge in [-0.15, -0.1) is 10.2 Å². The van der Waals surface area contributed by atoms with E-state index in [1.807, 2.05) is 4.90 Å². The van der Waals surface area contributed by atoms with Gasteiger partial charge in [0, 0.05) is 25.8 Å². The highest BCUT2D eigenvalue weighted by Crippen LogP contribution is 2.54. The van der Waals surface area contributed by atoms with Gasteiger partial charge in [0.05, 0.1) is 11.8 Å². The molecule has 1 aliphatic heterocycles. The van der Waals surface area contributed by atoms with Crippen LogP contribution in [0, 0.1) is 23.6 Å². The standard InChI is InChI=1S/C18H17ClFN7O/c19-18-22-5-14(20)16(24-18)26-7-12-11(13(12)8-26)3-4-21-17(28)10-1-2-15-25-23-9-27(15)6-10/h1-2,5-6,9,11-13H,3-4,7-8H2,(H,21,28). The number of carbonyl (C=O) groups excluding carboxylic acids is 1. The Hall–Kier alpha value is -2.81. The Morgan fingerprint density at radius 3 is 2.96 bits per heavy atom. The maximum absolute atomic E-state index is 13.9. The zero-order valence-electron chi connectivity index (χ0n) is 14.8. The van der Waals surface area contributed by atoms with Gasteiger partial charge in [0.25, 0.3) is 5.91 Å². The number of anilines is 1. The van der Waals surface area contributed by atoms with Gasteiger partial charge < -0.3 is 10.2 Å². The molecule has 3 aromatic rings. The van der Waals surface area contributed by atoms with E-state index < -0.39 is 5.82 Å². The molecule has 1 N–H and O–H groups in total. The number of aromatic nitrogens is 5. The van der Waals surface area contributed by atoms with E-state index in [0.29, 0.717) is 35.5 Å². The fourth-order valence-corrected chi connectivity index (χ4v) is 4.35. The minimum Gasteiger partial charge on any atom is -0.353 e. The second kappa shape index (κ2) is 6.66. The molecule has 5 rings (SSSR count). The van der Waals surface area contributed by atoms with Crippen LogP contribution >= 0.6 is 11.6 Å². The molecule has 2 unspecified atom stereocenters. The molecule has 0 bridgehead atoms. The summed E-state index contributed by atoms with van der Waals surface area (Å²) in [6, 6.07) is 3.50. The number of carbonyl (C=O) groups is 1. The number of pyridine rings is 1. The van der Waals surface area contributed by atoms with Crippen molar-refractivity contribution in [2.75, 3.05) is 24.5 Å². The van der Waals surface area contributed by atoms with Crippen molar-refractivity contribution in [2.24, 2.45) is 17.8 Å². The molecule has 0 spiro atoms. The van der Waals surface area contributed by atoms with E-state index in [0.717, 1.165) is 25.7 Å². The largest absolute Gasteiger partial charge is 0.353 e. The smallest absolute Gasteiger partial charge is 0.252 e. The van der Waals surface area contributed by atoms with E-state index in [1.165, 1.54) is 0 Å². The van der Waals surface area contributed by atoms with Crippen LogP contribution < -0.4 is 10.2 Å².